The third kappa shape index (κ3) is 7.38. The minimum Gasteiger partial charge on any atom is -0.467 e. The molecular formula is C18H18ClF3N2O5S. The fourth-order valence-corrected chi connectivity index (χ4v) is 3.22. The SMILES string of the molecule is CS(=O)(=O)CCC(=O)N(CC(=O)Nc1ccc(Cl)c(C(F)(F)F)c1)Cc1ccco1. The molecule has 1 aromatic carbocycles. The largest absolute Gasteiger partial charge is 0.467 e. The summed E-state index contributed by atoms with van der Waals surface area (Å²) in [6.07, 6.45) is -2.72. The number of nitrogens with zero attached hydrogens (tertiary/aromatic N) is 1. The second kappa shape index (κ2) is 9.52. The molecule has 0 radical (unpaired) electrons. The zero-order valence-corrected chi connectivity index (χ0v) is 17.3. The van der Waals surface area contributed by atoms with Gasteiger partial charge in [-0.05, 0) is 30.3 Å². The Kier molecular flexibility index (Phi) is 7.54. The highest BCUT2D eigenvalue weighted by Crippen LogP contribution is 2.36. The number of amides is 2. The van der Waals surface area contributed by atoms with Crippen molar-refractivity contribution < 1.29 is 35.6 Å². The number of rotatable bonds is 8. The number of nitrogens with one attached hydrogen (secondary N) is 1. The standard InChI is InChI=1S/C18H18ClF3N2O5S/c1-30(27,28)8-6-17(26)24(10-13-3-2-7-29-13)11-16(25)23-12-4-5-15(19)14(9-12)18(20,21)22/h2-5,7,9H,6,8,10-11H2,1H3,(H,23,25). The minimum atomic E-state index is -4.70. The second-order valence-corrected chi connectivity index (χ2v) is 9.12. The summed E-state index contributed by atoms with van der Waals surface area (Å²) in [6.45, 7) is -0.634. The molecule has 0 saturated heterocycles. The molecule has 1 aromatic heterocycles. The first kappa shape index (κ1) is 23.7. The van der Waals surface area contributed by atoms with Crippen LogP contribution in [0.4, 0.5) is 18.9 Å². The highest BCUT2D eigenvalue weighted by atomic mass is 35.5. The molecule has 164 valence electrons. The number of carbonyl (C=O) groups excluding carboxylic acids is 2. The van der Waals surface area contributed by atoms with Crippen molar-refractivity contribution in [3.63, 3.8) is 0 Å². The van der Waals surface area contributed by atoms with Gasteiger partial charge in [0.15, 0.2) is 0 Å². The number of anilines is 1. The zero-order chi connectivity index (χ0) is 22.5. The first-order valence-corrected chi connectivity index (χ1v) is 10.9. The molecule has 12 heteroatoms. The van der Waals surface area contributed by atoms with Crippen LogP contribution in [0.1, 0.15) is 17.7 Å². The van der Waals surface area contributed by atoms with E-state index in [9.17, 15) is 31.2 Å². The molecule has 0 unspecified atom stereocenters. The van der Waals surface area contributed by atoms with Crippen molar-refractivity contribution in [2.75, 3.05) is 23.9 Å². The maximum Gasteiger partial charge on any atom is 0.417 e. The lowest BCUT2D eigenvalue weighted by Crippen LogP contribution is -2.38. The summed E-state index contributed by atoms with van der Waals surface area (Å²) < 4.78 is 66.7. The fraction of sp³-hybridized carbons (Fsp3) is 0.333. The lowest BCUT2D eigenvalue weighted by atomic mass is 10.2. The van der Waals surface area contributed by atoms with E-state index in [0.29, 0.717) is 11.8 Å². The number of furan rings is 1. The molecular weight excluding hydrogens is 449 g/mol. The van der Waals surface area contributed by atoms with Crippen LogP contribution in [0, 0.1) is 0 Å². The lowest BCUT2D eigenvalue weighted by Gasteiger charge is -2.21. The number of sulfone groups is 1. The van der Waals surface area contributed by atoms with Crippen molar-refractivity contribution >= 4 is 38.9 Å². The molecule has 0 spiro atoms. The summed E-state index contributed by atoms with van der Waals surface area (Å²) in [5, 5.41) is 1.76. The number of alkyl halides is 3. The highest BCUT2D eigenvalue weighted by molar-refractivity contribution is 7.90. The van der Waals surface area contributed by atoms with Gasteiger partial charge in [0.25, 0.3) is 0 Å². The number of hydrogen-bond acceptors (Lipinski definition) is 5. The zero-order valence-electron chi connectivity index (χ0n) is 15.7. The fourth-order valence-electron chi connectivity index (χ4n) is 2.45. The van der Waals surface area contributed by atoms with Gasteiger partial charge in [-0.3, -0.25) is 9.59 Å². The molecule has 0 aliphatic heterocycles. The van der Waals surface area contributed by atoms with Crippen LogP contribution in [0.2, 0.25) is 5.02 Å². The van der Waals surface area contributed by atoms with Gasteiger partial charge in [-0.25, -0.2) is 8.42 Å². The van der Waals surface area contributed by atoms with Gasteiger partial charge in [0.2, 0.25) is 11.8 Å². The van der Waals surface area contributed by atoms with Gasteiger partial charge in [-0.2, -0.15) is 13.2 Å². The van der Waals surface area contributed by atoms with E-state index in [4.69, 9.17) is 16.0 Å². The van der Waals surface area contributed by atoms with E-state index in [1.807, 2.05) is 0 Å². The van der Waals surface area contributed by atoms with Crippen molar-refractivity contribution in [2.24, 2.45) is 0 Å². The van der Waals surface area contributed by atoms with Crippen molar-refractivity contribution in [3.05, 3.63) is 52.9 Å². The van der Waals surface area contributed by atoms with Crippen LogP contribution >= 0.6 is 11.6 Å². The van der Waals surface area contributed by atoms with Crippen molar-refractivity contribution in [1.29, 1.82) is 0 Å². The Labute approximate surface area is 175 Å². The summed E-state index contributed by atoms with van der Waals surface area (Å²) in [5.74, 6) is -1.46. The van der Waals surface area contributed by atoms with E-state index in [-0.39, 0.29) is 18.7 Å². The van der Waals surface area contributed by atoms with Crippen LogP contribution in [0.25, 0.3) is 0 Å². The maximum absolute atomic E-state index is 13.0. The van der Waals surface area contributed by atoms with Gasteiger partial charge in [0.1, 0.15) is 22.1 Å². The predicted molar refractivity (Wildman–Crippen MR) is 104 cm³/mol. The smallest absolute Gasteiger partial charge is 0.417 e. The summed E-state index contributed by atoms with van der Waals surface area (Å²) in [5.41, 5.74) is -1.27. The van der Waals surface area contributed by atoms with Crippen LogP contribution in [0.15, 0.2) is 41.0 Å². The number of halogens is 4. The van der Waals surface area contributed by atoms with Crippen molar-refractivity contribution in [3.8, 4) is 0 Å². The normalized spacial score (nSPS) is 11.9. The Bertz CT molecular complexity index is 1010. The summed E-state index contributed by atoms with van der Waals surface area (Å²) in [4.78, 5) is 25.8. The van der Waals surface area contributed by atoms with Gasteiger partial charge in [-0.15, -0.1) is 0 Å². The average Bonchev–Trinajstić information content (AvgIpc) is 3.12. The number of benzene rings is 1. The van der Waals surface area contributed by atoms with Gasteiger partial charge in [0.05, 0.1) is 29.1 Å². The Balaban J connectivity index is 2.12. The molecule has 1 heterocycles. The van der Waals surface area contributed by atoms with Crippen LogP contribution < -0.4 is 5.32 Å². The third-order valence-corrected chi connectivity index (χ3v) is 5.13. The van der Waals surface area contributed by atoms with E-state index < -0.39 is 50.7 Å². The van der Waals surface area contributed by atoms with Gasteiger partial charge in [0, 0.05) is 18.4 Å². The van der Waals surface area contributed by atoms with Crippen molar-refractivity contribution in [2.45, 2.75) is 19.1 Å². The molecule has 0 bridgehead atoms. The average molecular weight is 467 g/mol. The molecule has 2 aromatic rings. The minimum absolute atomic E-state index is 0.114. The molecule has 0 atom stereocenters. The van der Waals surface area contributed by atoms with E-state index in [1.165, 1.54) is 12.3 Å². The van der Waals surface area contributed by atoms with Crippen LogP contribution in [-0.2, 0) is 32.1 Å². The van der Waals surface area contributed by atoms with Gasteiger partial charge >= 0.3 is 6.18 Å². The molecule has 30 heavy (non-hydrogen) atoms. The summed E-state index contributed by atoms with van der Waals surface area (Å²) in [7, 11) is -3.41. The van der Waals surface area contributed by atoms with Crippen molar-refractivity contribution in [1.82, 2.24) is 4.90 Å². The molecule has 0 saturated carbocycles. The Morgan fingerprint density at radius 1 is 1.23 bits per heavy atom. The third-order valence-electron chi connectivity index (χ3n) is 3.86. The topological polar surface area (TPSA) is 96.7 Å². The van der Waals surface area contributed by atoms with E-state index in [1.54, 1.807) is 12.1 Å². The predicted octanol–water partition coefficient (Wildman–Crippen LogP) is 3.35. The first-order valence-electron chi connectivity index (χ1n) is 8.49. The second-order valence-electron chi connectivity index (χ2n) is 6.45. The lowest BCUT2D eigenvalue weighted by molar-refractivity contribution is -0.137. The highest BCUT2D eigenvalue weighted by Gasteiger charge is 2.33. The molecule has 7 nitrogen and oxygen atoms in total. The Morgan fingerprint density at radius 2 is 1.93 bits per heavy atom. The Morgan fingerprint density at radius 3 is 2.50 bits per heavy atom. The van der Waals surface area contributed by atoms with Gasteiger partial charge < -0.3 is 14.6 Å². The molecule has 0 aliphatic rings. The van der Waals surface area contributed by atoms with Crippen LogP contribution in [-0.4, -0.2) is 43.7 Å². The molecule has 0 fully saturated rings. The maximum atomic E-state index is 13.0. The molecule has 2 amide bonds. The van der Waals surface area contributed by atoms with Crippen LogP contribution in [0.5, 0.6) is 0 Å². The van der Waals surface area contributed by atoms with E-state index >= 15 is 0 Å². The van der Waals surface area contributed by atoms with Crippen LogP contribution in [0.3, 0.4) is 0 Å². The molecule has 0 aliphatic carbocycles. The Hall–Kier alpha value is -2.53. The van der Waals surface area contributed by atoms with E-state index in [0.717, 1.165) is 17.2 Å². The summed E-state index contributed by atoms with van der Waals surface area (Å²) >= 11 is 5.55. The van der Waals surface area contributed by atoms with E-state index in [2.05, 4.69) is 5.32 Å². The van der Waals surface area contributed by atoms with Gasteiger partial charge in [-0.1, -0.05) is 11.6 Å². The quantitative estimate of drug-likeness (QED) is 0.643. The molecule has 2 rings (SSSR count). The first-order chi connectivity index (χ1) is 13.8. The monoisotopic (exact) mass is 466 g/mol. The molecule has 1 N–H and O–H groups in total. The number of carbonyl (C=O) groups is 2. The number of hydrogen-bond donors (Lipinski definition) is 1. The summed E-state index contributed by atoms with van der Waals surface area (Å²) in [6, 6.07) is 6.00.